The number of halogens is 3. The van der Waals surface area contributed by atoms with Gasteiger partial charge in [0, 0.05) is 17.0 Å². The van der Waals surface area contributed by atoms with Crippen molar-refractivity contribution in [3.05, 3.63) is 29.3 Å². The minimum atomic E-state index is -4.50. The van der Waals surface area contributed by atoms with Gasteiger partial charge < -0.3 is 5.32 Å². The molecule has 0 saturated heterocycles. The smallest absolute Gasteiger partial charge is 0.382 e. The van der Waals surface area contributed by atoms with Crippen molar-refractivity contribution in [1.29, 1.82) is 5.26 Å². The molecular formula is C15H17F3N2S. The molecule has 114 valence electrons. The van der Waals surface area contributed by atoms with Crippen LogP contribution in [0.1, 0.15) is 37.3 Å². The van der Waals surface area contributed by atoms with Crippen molar-refractivity contribution >= 4 is 17.4 Å². The summed E-state index contributed by atoms with van der Waals surface area (Å²) in [5.41, 5.74) is -0.764. The largest absolute Gasteiger partial charge is 0.417 e. The number of rotatable bonds is 4. The molecule has 2 nitrogen and oxygen atoms in total. The number of benzene rings is 1. The van der Waals surface area contributed by atoms with Crippen LogP contribution in [-0.4, -0.2) is 17.0 Å². The molecule has 0 bridgehead atoms. The summed E-state index contributed by atoms with van der Waals surface area (Å²) in [6.07, 6.45) is -1.46. The molecule has 1 saturated carbocycles. The lowest BCUT2D eigenvalue weighted by Gasteiger charge is -2.17. The molecule has 1 aliphatic rings. The van der Waals surface area contributed by atoms with Gasteiger partial charge in [0.25, 0.3) is 0 Å². The molecule has 0 spiro atoms. The molecule has 0 amide bonds. The molecule has 1 fully saturated rings. The van der Waals surface area contributed by atoms with Crippen LogP contribution in [0.4, 0.5) is 18.9 Å². The zero-order chi connectivity index (χ0) is 15.5. The number of hydrogen-bond donors (Lipinski definition) is 1. The van der Waals surface area contributed by atoms with Gasteiger partial charge >= 0.3 is 6.18 Å². The van der Waals surface area contributed by atoms with Crippen molar-refractivity contribution in [2.75, 3.05) is 11.1 Å². The van der Waals surface area contributed by atoms with Gasteiger partial charge in [-0.1, -0.05) is 6.92 Å². The van der Waals surface area contributed by atoms with E-state index < -0.39 is 11.7 Å². The van der Waals surface area contributed by atoms with E-state index in [0.29, 0.717) is 10.9 Å². The number of thioether (sulfide) groups is 1. The molecule has 21 heavy (non-hydrogen) atoms. The molecule has 1 N–H and O–H groups in total. The molecule has 2 atom stereocenters. The highest BCUT2D eigenvalue weighted by atomic mass is 32.2. The second-order valence-electron chi connectivity index (χ2n) is 5.10. The predicted octanol–water partition coefficient (Wildman–Crippen LogP) is 4.66. The maximum Gasteiger partial charge on any atom is 0.417 e. The minimum absolute atomic E-state index is 0.211. The third-order valence-electron chi connectivity index (χ3n) is 3.60. The summed E-state index contributed by atoms with van der Waals surface area (Å²) in [7, 11) is 0. The standard InChI is InChI=1S/C15H17F3N2S/c1-2-21-13-6-5-11(7-13)20-12-4-3-10(9-19)14(8-12)15(16,17)18/h3-4,8,11,13,20H,2,5-7H2,1H3. The van der Waals surface area contributed by atoms with Gasteiger partial charge in [-0.15, -0.1) is 0 Å². The van der Waals surface area contributed by atoms with Gasteiger partial charge in [-0.2, -0.15) is 30.2 Å². The predicted molar refractivity (Wildman–Crippen MR) is 79.3 cm³/mol. The Morgan fingerprint density at radius 1 is 1.38 bits per heavy atom. The molecule has 0 radical (unpaired) electrons. The summed E-state index contributed by atoms with van der Waals surface area (Å²) < 4.78 is 38.7. The molecule has 2 unspecified atom stereocenters. The summed E-state index contributed by atoms with van der Waals surface area (Å²) >= 11 is 1.90. The highest BCUT2D eigenvalue weighted by Gasteiger charge is 2.34. The fourth-order valence-corrected chi connectivity index (χ4v) is 3.80. The molecule has 1 aliphatic carbocycles. The average molecular weight is 314 g/mol. The van der Waals surface area contributed by atoms with Crippen LogP contribution in [0.3, 0.4) is 0 Å². The minimum Gasteiger partial charge on any atom is -0.382 e. The second-order valence-corrected chi connectivity index (χ2v) is 6.68. The second kappa shape index (κ2) is 6.61. The van der Waals surface area contributed by atoms with Gasteiger partial charge in [-0.25, -0.2) is 0 Å². The fraction of sp³-hybridized carbons (Fsp3) is 0.533. The van der Waals surface area contributed by atoms with Gasteiger partial charge in [0.15, 0.2) is 0 Å². The zero-order valence-corrected chi connectivity index (χ0v) is 12.5. The number of alkyl halides is 3. The first-order valence-electron chi connectivity index (χ1n) is 6.93. The topological polar surface area (TPSA) is 35.8 Å². The quantitative estimate of drug-likeness (QED) is 0.877. The van der Waals surface area contributed by atoms with E-state index in [4.69, 9.17) is 5.26 Å². The Morgan fingerprint density at radius 2 is 2.14 bits per heavy atom. The van der Waals surface area contributed by atoms with Crippen molar-refractivity contribution in [2.24, 2.45) is 0 Å². The van der Waals surface area contributed by atoms with Crippen LogP contribution in [0.25, 0.3) is 0 Å². The summed E-state index contributed by atoms with van der Waals surface area (Å²) in [5.74, 6) is 1.06. The van der Waals surface area contributed by atoms with E-state index in [0.717, 1.165) is 31.1 Å². The van der Waals surface area contributed by atoms with Gasteiger partial charge in [0.05, 0.1) is 17.2 Å². The monoisotopic (exact) mass is 314 g/mol. The molecule has 6 heteroatoms. The van der Waals surface area contributed by atoms with Crippen LogP contribution >= 0.6 is 11.8 Å². The Hall–Kier alpha value is -1.35. The Kier molecular flexibility index (Phi) is 5.04. The number of nitriles is 1. The molecule has 0 aliphatic heterocycles. The third kappa shape index (κ3) is 4.07. The molecule has 0 heterocycles. The van der Waals surface area contributed by atoms with Crippen LogP contribution in [-0.2, 0) is 6.18 Å². The number of anilines is 1. The van der Waals surface area contributed by atoms with Gasteiger partial charge in [0.2, 0.25) is 0 Å². The lowest BCUT2D eigenvalue weighted by Crippen LogP contribution is -2.17. The lowest BCUT2D eigenvalue weighted by molar-refractivity contribution is -0.137. The van der Waals surface area contributed by atoms with E-state index >= 15 is 0 Å². The van der Waals surface area contributed by atoms with Crippen molar-refractivity contribution in [2.45, 2.75) is 43.7 Å². The van der Waals surface area contributed by atoms with Crippen molar-refractivity contribution < 1.29 is 13.2 Å². The first kappa shape index (κ1) is 16.0. The normalized spacial score (nSPS) is 22.0. The highest BCUT2D eigenvalue weighted by molar-refractivity contribution is 7.99. The Morgan fingerprint density at radius 3 is 2.76 bits per heavy atom. The van der Waals surface area contributed by atoms with Crippen LogP contribution in [0.5, 0.6) is 0 Å². The van der Waals surface area contributed by atoms with E-state index in [-0.39, 0.29) is 11.6 Å². The van der Waals surface area contributed by atoms with E-state index in [1.807, 2.05) is 11.8 Å². The van der Waals surface area contributed by atoms with E-state index in [1.165, 1.54) is 6.07 Å². The fourth-order valence-electron chi connectivity index (χ4n) is 2.66. The summed E-state index contributed by atoms with van der Waals surface area (Å²) in [4.78, 5) is 0. The zero-order valence-electron chi connectivity index (χ0n) is 11.7. The van der Waals surface area contributed by atoms with Crippen LogP contribution in [0.15, 0.2) is 18.2 Å². The Labute approximate surface area is 126 Å². The van der Waals surface area contributed by atoms with Crippen LogP contribution in [0.2, 0.25) is 0 Å². The molecule has 1 aromatic carbocycles. The molecule has 1 aromatic rings. The first-order valence-corrected chi connectivity index (χ1v) is 7.98. The average Bonchev–Trinajstić information content (AvgIpc) is 2.85. The van der Waals surface area contributed by atoms with Crippen molar-refractivity contribution in [3.63, 3.8) is 0 Å². The Bertz CT molecular complexity index is 537. The lowest BCUT2D eigenvalue weighted by atomic mass is 10.1. The van der Waals surface area contributed by atoms with Gasteiger partial charge in [-0.3, -0.25) is 0 Å². The van der Waals surface area contributed by atoms with E-state index in [9.17, 15) is 13.2 Å². The molecule has 2 rings (SSSR count). The number of nitrogens with one attached hydrogen (secondary N) is 1. The highest BCUT2D eigenvalue weighted by Crippen LogP contribution is 2.35. The maximum absolute atomic E-state index is 12.9. The SMILES string of the molecule is CCSC1CCC(Nc2ccc(C#N)c(C(F)(F)F)c2)C1. The van der Waals surface area contributed by atoms with E-state index in [1.54, 1.807) is 12.1 Å². The number of nitrogens with zero attached hydrogens (tertiary/aromatic N) is 1. The number of hydrogen-bond acceptors (Lipinski definition) is 3. The van der Waals surface area contributed by atoms with Crippen molar-refractivity contribution in [3.8, 4) is 6.07 Å². The van der Waals surface area contributed by atoms with E-state index in [2.05, 4.69) is 12.2 Å². The van der Waals surface area contributed by atoms with Gasteiger partial charge in [0.1, 0.15) is 0 Å². The van der Waals surface area contributed by atoms with Crippen LogP contribution < -0.4 is 5.32 Å². The van der Waals surface area contributed by atoms with Crippen molar-refractivity contribution in [1.82, 2.24) is 0 Å². The maximum atomic E-state index is 12.9. The summed E-state index contributed by atoms with van der Waals surface area (Å²) in [6, 6.07) is 5.63. The third-order valence-corrected chi connectivity index (χ3v) is 4.84. The summed E-state index contributed by atoms with van der Waals surface area (Å²) in [5, 5.41) is 12.5. The van der Waals surface area contributed by atoms with Crippen LogP contribution in [0, 0.1) is 11.3 Å². The first-order chi connectivity index (χ1) is 9.94. The Balaban J connectivity index is 2.10. The van der Waals surface area contributed by atoms with Gasteiger partial charge in [-0.05, 0) is 43.2 Å². The molecular weight excluding hydrogens is 297 g/mol. The summed E-state index contributed by atoms with van der Waals surface area (Å²) in [6.45, 7) is 2.11. The molecule has 0 aromatic heterocycles.